The van der Waals surface area contributed by atoms with E-state index in [1.165, 1.54) is 11.8 Å². The maximum atomic E-state index is 13.1. The van der Waals surface area contributed by atoms with Crippen LogP contribution < -0.4 is 10.2 Å². The standard InChI is InChI=1S/C17H14F2N2O2S/c18-11-7-12(19)9-13(8-11)20-16(22)5-6-21-14-3-1-2-4-15(14)24-10-17(21)23/h1-4,7-9H,5-6,10H2,(H,20,22). The summed E-state index contributed by atoms with van der Waals surface area (Å²) in [6.07, 6.45) is 0.0306. The molecule has 3 rings (SSSR count). The van der Waals surface area contributed by atoms with Gasteiger partial charge in [-0.25, -0.2) is 8.78 Å². The fraction of sp³-hybridized carbons (Fsp3) is 0.176. The van der Waals surface area contributed by atoms with Crippen molar-refractivity contribution in [2.75, 3.05) is 22.5 Å². The van der Waals surface area contributed by atoms with Gasteiger partial charge in [0.15, 0.2) is 0 Å². The summed E-state index contributed by atoms with van der Waals surface area (Å²) < 4.78 is 26.3. The van der Waals surface area contributed by atoms with E-state index in [1.807, 2.05) is 24.3 Å². The molecule has 2 amide bonds. The fourth-order valence-electron chi connectivity index (χ4n) is 2.46. The van der Waals surface area contributed by atoms with Gasteiger partial charge in [0.25, 0.3) is 0 Å². The number of amides is 2. The normalized spacial score (nSPS) is 13.6. The average Bonchev–Trinajstić information content (AvgIpc) is 2.53. The van der Waals surface area contributed by atoms with E-state index in [-0.39, 0.29) is 24.6 Å². The largest absolute Gasteiger partial charge is 0.326 e. The molecule has 0 radical (unpaired) electrons. The Kier molecular flexibility index (Phi) is 4.80. The number of thioether (sulfide) groups is 1. The van der Waals surface area contributed by atoms with Gasteiger partial charge in [-0.15, -0.1) is 11.8 Å². The SMILES string of the molecule is O=C(CCN1C(=O)CSc2ccccc21)Nc1cc(F)cc(F)c1. The molecule has 0 saturated heterocycles. The number of nitrogens with zero attached hydrogens (tertiary/aromatic N) is 1. The molecule has 1 aliphatic heterocycles. The van der Waals surface area contributed by atoms with E-state index >= 15 is 0 Å². The number of nitrogens with one attached hydrogen (secondary N) is 1. The zero-order valence-electron chi connectivity index (χ0n) is 12.6. The van der Waals surface area contributed by atoms with Crippen molar-refractivity contribution < 1.29 is 18.4 Å². The summed E-state index contributed by atoms with van der Waals surface area (Å²) >= 11 is 1.47. The summed E-state index contributed by atoms with van der Waals surface area (Å²) in [5, 5.41) is 2.44. The highest BCUT2D eigenvalue weighted by Gasteiger charge is 2.24. The van der Waals surface area contributed by atoms with Crippen molar-refractivity contribution in [3.63, 3.8) is 0 Å². The Morgan fingerprint density at radius 2 is 1.88 bits per heavy atom. The maximum Gasteiger partial charge on any atom is 0.237 e. The van der Waals surface area contributed by atoms with E-state index < -0.39 is 17.5 Å². The van der Waals surface area contributed by atoms with Crippen molar-refractivity contribution in [2.24, 2.45) is 0 Å². The van der Waals surface area contributed by atoms with Crippen molar-refractivity contribution in [2.45, 2.75) is 11.3 Å². The number of fused-ring (bicyclic) bond motifs is 1. The summed E-state index contributed by atoms with van der Waals surface area (Å²) in [7, 11) is 0. The Morgan fingerprint density at radius 1 is 1.17 bits per heavy atom. The van der Waals surface area contributed by atoms with Crippen molar-refractivity contribution in [1.82, 2.24) is 0 Å². The average molecular weight is 348 g/mol. The summed E-state index contributed by atoms with van der Waals surface area (Å²) in [5.74, 6) is -1.68. The third-order valence-electron chi connectivity index (χ3n) is 3.52. The maximum absolute atomic E-state index is 13.1. The Morgan fingerprint density at radius 3 is 2.62 bits per heavy atom. The number of halogens is 2. The van der Waals surface area contributed by atoms with Gasteiger partial charge in [0.05, 0.1) is 11.4 Å². The van der Waals surface area contributed by atoms with Crippen LogP contribution in [0.3, 0.4) is 0 Å². The highest BCUT2D eigenvalue weighted by molar-refractivity contribution is 8.00. The lowest BCUT2D eigenvalue weighted by molar-refractivity contribution is -0.117. The second-order valence-electron chi connectivity index (χ2n) is 5.26. The first kappa shape index (κ1) is 16.4. The Hall–Kier alpha value is -2.41. The van der Waals surface area contributed by atoms with Crippen LogP contribution in [0.1, 0.15) is 6.42 Å². The van der Waals surface area contributed by atoms with Crippen LogP contribution in [-0.4, -0.2) is 24.1 Å². The van der Waals surface area contributed by atoms with Gasteiger partial charge < -0.3 is 10.2 Å². The molecule has 4 nitrogen and oxygen atoms in total. The molecule has 1 aliphatic rings. The Labute approximate surface area is 141 Å². The smallest absolute Gasteiger partial charge is 0.237 e. The number of carbonyl (C=O) groups is 2. The van der Waals surface area contributed by atoms with E-state index in [1.54, 1.807) is 4.90 Å². The minimum absolute atomic E-state index is 0.0306. The number of hydrogen-bond acceptors (Lipinski definition) is 3. The zero-order valence-corrected chi connectivity index (χ0v) is 13.4. The molecule has 7 heteroatoms. The lowest BCUT2D eigenvalue weighted by Crippen LogP contribution is -2.37. The van der Waals surface area contributed by atoms with Crippen LogP contribution >= 0.6 is 11.8 Å². The van der Waals surface area contributed by atoms with E-state index in [4.69, 9.17) is 0 Å². The Balaban J connectivity index is 1.65. The van der Waals surface area contributed by atoms with Crippen molar-refractivity contribution in [3.05, 3.63) is 54.1 Å². The minimum atomic E-state index is -0.762. The van der Waals surface area contributed by atoms with Gasteiger partial charge in [-0.1, -0.05) is 12.1 Å². The molecular weight excluding hydrogens is 334 g/mol. The van der Waals surface area contributed by atoms with Gasteiger partial charge in [0.1, 0.15) is 11.6 Å². The molecule has 0 bridgehead atoms. The van der Waals surface area contributed by atoms with Crippen LogP contribution in [0.5, 0.6) is 0 Å². The third-order valence-corrected chi connectivity index (χ3v) is 4.56. The van der Waals surface area contributed by atoms with Gasteiger partial charge in [0.2, 0.25) is 11.8 Å². The molecule has 1 N–H and O–H groups in total. The number of benzene rings is 2. The second kappa shape index (κ2) is 7.00. The first-order valence-corrected chi connectivity index (χ1v) is 8.29. The molecule has 0 spiro atoms. The first-order valence-electron chi connectivity index (χ1n) is 7.31. The van der Waals surface area contributed by atoms with Crippen molar-refractivity contribution in [1.29, 1.82) is 0 Å². The van der Waals surface area contributed by atoms with Crippen LogP contribution in [-0.2, 0) is 9.59 Å². The van der Waals surface area contributed by atoms with Gasteiger partial charge in [-0.2, -0.15) is 0 Å². The van der Waals surface area contributed by atoms with Gasteiger partial charge >= 0.3 is 0 Å². The van der Waals surface area contributed by atoms with Gasteiger partial charge in [0, 0.05) is 29.6 Å². The van der Waals surface area contributed by atoms with Crippen molar-refractivity contribution in [3.8, 4) is 0 Å². The molecule has 0 aliphatic carbocycles. The van der Waals surface area contributed by atoms with Crippen LogP contribution in [0.15, 0.2) is 47.4 Å². The number of carbonyl (C=O) groups excluding carboxylic acids is 2. The van der Waals surface area contributed by atoms with Gasteiger partial charge in [-0.3, -0.25) is 9.59 Å². The second-order valence-corrected chi connectivity index (χ2v) is 6.28. The summed E-state index contributed by atoms with van der Waals surface area (Å²) in [6.45, 7) is 0.208. The van der Waals surface area contributed by atoms with E-state index in [0.29, 0.717) is 5.75 Å². The number of rotatable bonds is 4. The fourth-order valence-corrected chi connectivity index (χ4v) is 3.40. The predicted molar refractivity (Wildman–Crippen MR) is 89.1 cm³/mol. The first-order chi connectivity index (χ1) is 11.5. The van der Waals surface area contributed by atoms with Crippen LogP contribution in [0.2, 0.25) is 0 Å². The van der Waals surface area contributed by atoms with E-state index in [9.17, 15) is 18.4 Å². The minimum Gasteiger partial charge on any atom is -0.326 e. The molecule has 1 heterocycles. The van der Waals surface area contributed by atoms with Crippen molar-refractivity contribution >= 4 is 35.0 Å². The lowest BCUT2D eigenvalue weighted by Gasteiger charge is -2.28. The van der Waals surface area contributed by atoms with Crippen LogP contribution in [0.25, 0.3) is 0 Å². The molecule has 124 valence electrons. The van der Waals surface area contributed by atoms with E-state index in [2.05, 4.69) is 5.32 Å². The molecule has 0 aromatic heterocycles. The monoisotopic (exact) mass is 348 g/mol. The molecule has 2 aromatic rings. The molecule has 0 saturated carbocycles. The predicted octanol–water partition coefficient (Wildman–Crippen LogP) is 3.43. The van der Waals surface area contributed by atoms with Gasteiger partial charge in [-0.05, 0) is 24.3 Å². The zero-order chi connectivity index (χ0) is 17.1. The summed E-state index contributed by atoms with van der Waals surface area (Å²) in [6, 6.07) is 10.3. The molecule has 24 heavy (non-hydrogen) atoms. The summed E-state index contributed by atoms with van der Waals surface area (Å²) in [5.41, 5.74) is 0.835. The lowest BCUT2D eigenvalue weighted by atomic mass is 10.2. The Bertz CT molecular complexity index is 778. The van der Waals surface area contributed by atoms with Crippen LogP contribution in [0, 0.1) is 11.6 Å². The van der Waals surface area contributed by atoms with E-state index in [0.717, 1.165) is 28.8 Å². The molecule has 0 unspecified atom stereocenters. The molecular formula is C17H14F2N2O2S. The number of hydrogen-bond donors (Lipinski definition) is 1. The topological polar surface area (TPSA) is 49.4 Å². The highest BCUT2D eigenvalue weighted by Crippen LogP contribution is 2.34. The molecule has 0 fully saturated rings. The number of anilines is 2. The number of para-hydroxylation sites is 1. The van der Waals surface area contributed by atoms with Crippen LogP contribution in [0.4, 0.5) is 20.2 Å². The molecule has 2 aromatic carbocycles. The quantitative estimate of drug-likeness (QED) is 0.921. The summed E-state index contributed by atoms with van der Waals surface area (Å²) in [4.78, 5) is 26.6. The molecule has 0 atom stereocenters. The highest BCUT2D eigenvalue weighted by atomic mass is 32.2. The third kappa shape index (κ3) is 3.73.